The van der Waals surface area contributed by atoms with Gasteiger partial charge in [-0.3, -0.25) is 0 Å². The average Bonchev–Trinajstić information content (AvgIpc) is 2.88. The normalized spacial score (nSPS) is 30.7. The highest BCUT2D eigenvalue weighted by Gasteiger charge is 2.45. The number of rotatable bonds is 2. The second-order valence-corrected chi connectivity index (χ2v) is 4.55. The number of carbonyl (C=O) groups excluding carboxylic acids is 1. The maximum Gasteiger partial charge on any atom is 0.332 e. The Hall–Kier alpha value is -1.85. The molecule has 2 aliphatic rings. The lowest BCUT2D eigenvalue weighted by atomic mass is 9.99. The molecule has 2 N–H and O–H groups in total. The highest BCUT2D eigenvalue weighted by atomic mass is 16.5. The molecule has 0 spiro atoms. The third-order valence-corrected chi connectivity index (χ3v) is 3.27. The van der Waals surface area contributed by atoms with Gasteiger partial charge in [-0.05, 0) is 0 Å². The lowest BCUT2D eigenvalue weighted by Gasteiger charge is -2.33. The number of carboxylic acids is 1. The van der Waals surface area contributed by atoms with Crippen molar-refractivity contribution in [3.8, 4) is 6.07 Å². The highest BCUT2D eigenvalue weighted by Crippen LogP contribution is 2.19. The van der Waals surface area contributed by atoms with E-state index in [0.717, 1.165) is 0 Å². The summed E-state index contributed by atoms with van der Waals surface area (Å²) in [4.78, 5) is 24.7. The van der Waals surface area contributed by atoms with Crippen molar-refractivity contribution < 1.29 is 24.2 Å². The van der Waals surface area contributed by atoms with Crippen LogP contribution >= 0.6 is 0 Å². The molecule has 0 aromatic rings. The Bertz CT molecular complexity index is 413. The average molecular weight is 269 g/mol. The van der Waals surface area contributed by atoms with Crippen LogP contribution in [0.1, 0.15) is 6.42 Å². The first-order valence-corrected chi connectivity index (χ1v) is 5.97. The van der Waals surface area contributed by atoms with Gasteiger partial charge in [0.25, 0.3) is 0 Å². The van der Waals surface area contributed by atoms with Crippen molar-refractivity contribution >= 4 is 12.0 Å². The Labute approximate surface area is 109 Å². The van der Waals surface area contributed by atoms with E-state index in [1.165, 1.54) is 4.90 Å². The van der Waals surface area contributed by atoms with Crippen molar-refractivity contribution in [3.63, 3.8) is 0 Å². The van der Waals surface area contributed by atoms with E-state index in [4.69, 9.17) is 14.7 Å². The zero-order valence-electron chi connectivity index (χ0n) is 10.3. The number of urea groups is 1. The zero-order valence-corrected chi connectivity index (χ0v) is 10.3. The molecule has 2 unspecified atom stereocenters. The lowest BCUT2D eigenvalue weighted by Crippen LogP contribution is -2.60. The van der Waals surface area contributed by atoms with Crippen LogP contribution in [0.2, 0.25) is 0 Å². The van der Waals surface area contributed by atoms with E-state index in [2.05, 4.69) is 5.32 Å². The minimum Gasteiger partial charge on any atom is -0.479 e. The van der Waals surface area contributed by atoms with Gasteiger partial charge in [-0.15, -0.1) is 0 Å². The molecule has 0 radical (unpaired) electrons. The predicted molar refractivity (Wildman–Crippen MR) is 61.3 cm³/mol. The molecule has 0 saturated carbocycles. The standard InChI is InChI=1S/C11H15N3O5/c12-5-8-6-14(2-4-19-8)10(17)13-11(9(15)16)1-3-18-7-11/h8H,1-4,6-7H2,(H,13,17)(H,15,16). The van der Waals surface area contributed by atoms with Crippen LogP contribution in [-0.2, 0) is 14.3 Å². The maximum atomic E-state index is 12.1. The van der Waals surface area contributed by atoms with Crippen molar-refractivity contribution in [1.82, 2.24) is 10.2 Å². The van der Waals surface area contributed by atoms with Crippen LogP contribution in [-0.4, -0.2) is 66.6 Å². The van der Waals surface area contributed by atoms with Gasteiger partial charge in [0.05, 0.1) is 25.8 Å². The molecule has 0 aromatic carbocycles. The Balaban J connectivity index is 2.00. The fourth-order valence-electron chi connectivity index (χ4n) is 2.08. The molecule has 19 heavy (non-hydrogen) atoms. The fourth-order valence-corrected chi connectivity index (χ4v) is 2.08. The number of hydrogen-bond donors (Lipinski definition) is 2. The molecule has 8 heteroatoms. The Morgan fingerprint density at radius 1 is 1.47 bits per heavy atom. The molecule has 104 valence electrons. The van der Waals surface area contributed by atoms with E-state index >= 15 is 0 Å². The molecular weight excluding hydrogens is 254 g/mol. The fraction of sp³-hybridized carbons (Fsp3) is 0.727. The molecule has 0 bridgehead atoms. The zero-order chi connectivity index (χ0) is 13.9. The molecule has 2 heterocycles. The summed E-state index contributed by atoms with van der Waals surface area (Å²) in [6.07, 6.45) is -0.430. The summed E-state index contributed by atoms with van der Waals surface area (Å²) in [5.41, 5.74) is -1.36. The van der Waals surface area contributed by atoms with E-state index in [-0.39, 0.29) is 26.2 Å². The topological polar surface area (TPSA) is 112 Å². The summed E-state index contributed by atoms with van der Waals surface area (Å²) in [5.74, 6) is -1.11. The Morgan fingerprint density at radius 2 is 2.26 bits per heavy atom. The van der Waals surface area contributed by atoms with E-state index in [1.54, 1.807) is 0 Å². The number of carbonyl (C=O) groups is 2. The predicted octanol–water partition coefficient (Wildman–Crippen LogP) is -0.836. The highest BCUT2D eigenvalue weighted by molar-refractivity contribution is 5.86. The number of aliphatic carboxylic acids is 1. The van der Waals surface area contributed by atoms with Gasteiger partial charge < -0.3 is 24.8 Å². The van der Waals surface area contributed by atoms with Gasteiger partial charge in [-0.1, -0.05) is 0 Å². The van der Waals surface area contributed by atoms with Crippen LogP contribution in [0.3, 0.4) is 0 Å². The van der Waals surface area contributed by atoms with Gasteiger partial charge in [0.15, 0.2) is 11.6 Å². The summed E-state index contributed by atoms with van der Waals surface area (Å²) >= 11 is 0. The summed E-state index contributed by atoms with van der Waals surface area (Å²) in [5, 5.41) is 20.5. The summed E-state index contributed by atoms with van der Waals surface area (Å²) < 4.78 is 10.2. The van der Waals surface area contributed by atoms with Gasteiger partial charge in [0, 0.05) is 19.6 Å². The Kier molecular flexibility index (Phi) is 3.87. The second-order valence-electron chi connectivity index (χ2n) is 4.55. The minimum absolute atomic E-state index is 0.0416. The number of carboxylic acid groups (broad SMARTS) is 1. The first kappa shape index (κ1) is 13.6. The van der Waals surface area contributed by atoms with E-state index in [9.17, 15) is 14.7 Å². The van der Waals surface area contributed by atoms with Crippen LogP contribution in [0.25, 0.3) is 0 Å². The van der Waals surface area contributed by atoms with Gasteiger partial charge in [-0.25, -0.2) is 9.59 Å². The summed E-state index contributed by atoms with van der Waals surface area (Å²) in [7, 11) is 0. The van der Waals surface area contributed by atoms with Crippen molar-refractivity contribution in [2.45, 2.75) is 18.1 Å². The molecule has 0 aromatic heterocycles. The minimum atomic E-state index is -1.36. The largest absolute Gasteiger partial charge is 0.479 e. The van der Waals surface area contributed by atoms with Crippen molar-refractivity contribution in [2.75, 3.05) is 32.9 Å². The first-order valence-electron chi connectivity index (χ1n) is 5.97. The van der Waals surface area contributed by atoms with Gasteiger partial charge in [0.2, 0.25) is 0 Å². The molecule has 2 atom stereocenters. The number of amides is 2. The number of morpholine rings is 1. The van der Waals surface area contributed by atoms with Crippen LogP contribution in [0.15, 0.2) is 0 Å². The third kappa shape index (κ3) is 2.77. The van der Waals surface area contributed by atoms with Gasteiger partial charge in [-0.2, -0.15) is 5.26 Å². The van der Waals surface area contributed by atoms with Crippen molar-refractivity contribution in [1.29, 1.82) is 5.26 Å². The molecule has 0 aliphatic carbocycles. The van der Waals surface area contributed by atoms with Crippen LogP contribution < -0.4 is 5.32 Å². The van der Waals surface area contributed by atoms with Crippen LogP contribution in [0, 0.1) is 11.3 Å². The molecule has 2 rings (SSSR count). The molecule has 2 aliphatic heterocycles. The maximum absolute atomic E-state index is 12.1. The Morgan fingerprint density at radius 3 is 2.84 bits per heavy atom. The van der Waals surface area contributed by atoms with Crippen LogP contribution in [0.4, 0.5) is 4.79 Å². The van der Waals surface area contributed by atoms with Gasteiger partial charge >= 0.3 is 12.0 Å². The van der Waals surface area contributed by atoms with Crippen molar-refractivity contribution in [3.05, 3.63) is 0 Å². The quantitative estimate of drug-likeness (QED) is 0.676. The number of hydrogen-bond acceptors (Lipinski definition) is 5. The van der Waals surface area contributed by atoms with E-state index in [0.29, 0.717) is 13.2 Å². The first-order chi connectivity index (χ1) is 9.07. The van der Waals surface area contributed by atoms with Crippen molar-refractivity contribution in [2.24, 2.45) is 0 Å². The molecule has 2 fully saturated rings. The second kappa shape index (κ2) is 5.42. The molecule has 2 saturated heterocycles. The van der Waals surface area contributed by atoms with Gasteiger partial charge in [0.1, 0.15) is 0 Å². The smallest absolute Gasteiger partial charge is 0.332 e. The molecule has 2 amide bonds. The summed E-state index contributed by atoms with van der Waals surface area (Å²) in [6.45, 7) is 0.998. The summed E-state index contributed by atoms with van der Waals surface area (Å²) in [6, 6.07) is 1.43. The number of nitrogens with zero attached hydrogens (tertiary/aromatic N) is 2. The molecular formula is C11H15N3O5. The lowest BCUT2D eigenvalue weighted by molar-refractivity contribution is -0.144. The number of nitrogens with one attached hydrogen (secondary N) is 1. The third-order valence-electron chi connectivity index (χ3n) is 3.27. The SMILES string of the molecule is N#CC1CN(C(=O)NC2(C(=O)O)CCOC2)CCO1. The molecule has 8 nitrogen and oxygen atoms in total. The number of ether oxygens (including phenoxy) is 2. The monoisotopic (exact) mass is 269 g/mol. The van der Waals surface area contributed by atoms with Crippen LogP contribution in [0.5, 0.6) is 0 Å². The number of nitriles is 1. The van der Waals surface area contributed by atoms with E-state index in [1.807, 2.05) is 6.07 Å². The van der Waals surface area contributed by atoms with E-state index < -0.39 is 23.6 Å².